The highest BCUT2D eigenvalue weighted by Gasteiger charge is 2.44. The summed E-state index contributed by atoms with van der Waals surface area (Å²) in [6, 6.07) is 0. The molecule has 0 aromatic rings. The zero-order valence-electron chi connectivity index (χ0n) is 7.99. The molecule has 0 aliphatic carbocycles. The van der Waals surface area contributed by atoms with E-state index in [2.05, 4.69) is 5.32 Å². The van der Waals surface area contributed by atoms with Crippen molar-refractivity contribution in [3.05, 3.63) is 0 Å². The van der Waals surface area contributed by atoms with Gasteiger partial charge in [0.2, 0.25) is 0 Å². The van der Waals surface area contributed by atoms with E-state index >= 15 is 0 Å². The van der Waals surface area contributed by atoms with Crippen LogP contribution in [0.4, 0.5) is 4.39 Å². The highest BCUT2D eigenvalue weighted by molar-refractivity contribution is 4.98. The van der Waals surface area contributed by atoms with Gasteiger partial charge in [-0.1, -0.05) is 0 Å². The first-order chi connectivity index (χ1) is 5.52. The monoisotopic (exact) mass is 174 g/mol. The Balaban J connectivity index is 2.73. The van der Waals surface area contributed by atoms with E-state index < -0.39 is 5.67 Å². The second-order valence-corrected chi connectivity index (χ2v) is 4.24. The minimum Gasteiger partial charge on any atom is -0.330 e. The minimum absolute atomic E-state index is 0.342. The van der Waals surface area contributed by atoms with Gasteiger partial charge >= 0.3 is 0 Å². The molecule has 0 saturated carbocycles. The number of halogens is 1. The molecule has 1 unspecified atom stereocenters. The fourth-order valence-corrected chi connectivity index (χ4v) is 1.89. The zero-order valence-corrected chi connectivity index (χ0v) is 7.99. The second-order valence-electron chi connectivity index (χ2n) is 4.24. The molecule has 12 heavy (non-hydrogen) atoms. The maximum absolute atomic E-state index is 13.8. The molecule has 0 radical (unpaired) electrons. The molecule has 1 rings (SSSR count). The highest BCUT2D eigenvalue weighted by Crippen LogP contribution is 2.39. The Kier molecular flexibility index (Phi) is 2.74. The Morgan fingerprint density at radius 1 is 1.58 bits per heavy atom. The predicted molar refractivity (Wildman–Crippen MR) is 48.8 cm³/mol. The lowest BCUT2D eigenvalue weighted by Gasteiger charge is -2.44. The van der Waals surface area contributed by atoms with Crippen LogP contribution >= 0.6 is 0 Å². The van der Waals surface area contributed by atoms with Crippen LogP contribution in [0.5, 0.6) is 0 Å². The summed E-state index contributed by atoms with van der Waals surface area (Å²) in [5, 5.41) is 3.21. The third kappa shape index (κ3) is 1.62. The molecule has 3 N–H and O–H groups in total. The smallest absolute Gasteiger partial charge is 0.113 e. The number of rotatable bonds is 2. The molecule has 72 valence electrons. The summed E-state index contributed by atoms with van der Waals surface area (Å²) in [6.07, 6.45) is 1.94. The van der Waals surface area contributed by atoms with E-state index in [1.165, 1.54) is 0 Å². The Morgan fingerprint density at radius 2 is 2.25 bits per heavy atom. The Morgan fingerprint density at radius 3 is 2.50 bits per heavy atom. The number of hydrogen-bond donors (Lipinski definition) is 2. The standard InChI is InChI=1S/C9H19FN2/c1-8(2,10)9(6-11)4-3-5-12-7-9/h12H,3-7,11H2,1-2H3. The molecule has 0 bridgehead atoms. The highest BCUT2D eigenvalue weighted by atomic mass is 19.1. The minimum atomic E-state index is -1.17. The van der Waals surface area contributed by atoms with Crippen LogP contribution in [0.15, 0.2) is 0 Å². The van der Waals surface area contributed by atoms with E-state index in [0.29, 0.717) is 13.1 Å². The number of nitrogens with two attached hydrogens (primary N) is 1. The summed E-state index contributed by atoms with van der Waals surface area (Å²) >= 11 is 0. The van der Waals surface area contributed by atoms with Crippen LogP contribution in [-0.2, 0) is 0 Å². The van der Waals surface area contributed by atoms with Crippen LogP contribution in [0, 0.1) is 5.41 Å². The third-order valence-corrected chi connectivity index (χ3v) is 3.12. The van der Waals surface area contributed by atoms with Crippen LogP contribution in [0.3, 0.4) is 0 Å². The van der Waals surface area contributed by atoms with Crippen molar-refractivity contribution in [3.8, 4) is 0 Å². The third-order valence-electron chi connectivity index (χ3n) is 3.12. The van der Waals surface area contributed by atoms with Crippen LogP contribution in [-0.4, -0.2) is 25.3 Å². The summed E-state index contributed by atoms with van der Waals surface area (Å²) in [4.78, 5) is 0. The van der Waals surface area contributed by atoms with E-state index in [9.17, 15) is 4.39 Å². The molecule has 1 heterocycles. The lowest BCUT2D eigenvalue weighted by Crippen LogP contribution is -2.55. The van der Waals surface area contributed by atoms with Crippen molar-refractivity contribution in [2.45, 2.75) is 32.4 Å². The molecule has 3 heteroatoms. The van der Waals surface area contributed by atoms with E-state index in [1.54, 1.807) is 13.8 Å². The van der Waals surface area contributed by atoms with Gasteiger partial charge in [-0.05, 0) is 33.2 Å². The van der Waals surface area contributed by atoms with Crippen LogP contribution < -0.4 is 11.1 Å². The van der Waals surface area contributed by atoms with Gasteiger partial charge in [-0.15, -0.1) is 0 Å². The average Bonchev–Trinajstić information content (AvgIpc) is 2.04. The zero-order chi connectivity index (χ0) is 9.24. The quantitative estimate of drug-likeness (QED) is 0.657. The van der Waals surface area contributed by atoms with Crippen molar-refractivity contribution < 1.29 is 4.39 Å². The van der Waals surface area contributed by atoms with Crippen molar-refractivity contribution in [1.82, 2.24) is 5.32 Å². The fraction of sp³-hybridized carbons (Fsp3) is 1.00. The summed E-state index contributed by atoms with van der Waals surface area (Å²) in [5.74, 6) is 0. The van der Waals surface area contributed by atoms with E-state index in [1.807, 2.05) is 0 Å². The summed E-state index contributed by atoms with van der Waals surface area (Å²) in [6.45, 7) is 5.41. The number of alkyl halides is 1. The number of hydrogen-bond acceptors (Lipinski definition) is 2. The van der Waals surface area contributed by atoms with E-state index in [-0.39, 0.29) is 5.41 Å². The second kappa shape index (κ2) is 3.30. The lowest BCUT2D eigenvalue weighted by atomic mass is 9.70. The van der Waals surface area contributed by atoms with Crippen LogP contribution in [0.25, 0.3) is 0 Å². The lowest BCUT2D eigenvalue weighted by molar-refractivity contribution is 0.00862. The molecule has 0 amide bonds. The Labute approximate surface area is 73.7 Å². The molecule has 1 aliphatic rings. The molecule has 0 aromatic heterocycles. The molecular formula is C9H19FN2. The predicted octanol–water partition coefficient (Wildman–Crippen LogP) is 1.06. The first kappa shape index (κ1) is 9.93. The maximum atomic E-state index is 13.8. The molecule has 1 saturated heterocycles. The van der Waals surface area contributed by atoms with Gasteiger partial charge in [-0.2, -0.15) is 0 Å². The van der Waals surface area contributed by atoms with Gasteiger partial charge in [-0.25, -0.2) is 4.39 Å². The van der Waals surface area contributed by atoms with Gasteiger partial charge < -0.3 is 11.1 Å². The summed E-state index contributed by atoms with van der Waals surface area (Å²) in [5.41, 5.74) is 4.13. The van der Waals surface area contributed by atoms with E-state index in [4.69, 9.17) is 5.73 Å². The van der Waals surface area contributed by atoms with Crippen LogP contribution in [0.2, 0.25) is 0 Å². The largest absolute Gasteiger partial charge is 0.330 e. The van der Waals surface area contributed by atoms with Crippen molar-refractivity contribution in [2.75, 3.05) is 19.6 Å². The van der Waals surface area contributed by atoms with Crippen molar-refractivity contribution in [1.29, 1.82) is 0 Å². The number of piperidine rings is 1. The van der Waals surface area contributed by atoms with Gasteiger partial charge in [0.1, 0.15) is 5.67 Å². The average molecular weight is 174 g/mol. The van der Waals surface area contributed by atoms with Gasteiger partial charge in [0.15, 0.2) is 0 Å². The van der Waals surface area contributed by atoms with Crippen LogP contribution in [0.1, 0.15) is 26.7 Å². The molecule has 1 fully saturated rings. The molecule has 1 aliphatic heterocycles. The molecule has 0 aromatic carbocycles. The van der Waals surface area contributed by atoms with Crippen molar-refractivity contribution >= 4 is 0 Å². The van der Waals surface area contributed by atoms with Gasteiger partial charge in [0.25, 0.3) is 0 Å². The topological polar surface area (TPSA) is 38.0 Å². The Bertz CT molecular complexity index is 145. The Hall–Kier alpha value is -0.150. The molecule has 0 spiro atoms. The van der Waals surface area contributed by atoms with Gasteiger partial charge in [0, 0.05) is 18.5 Å². The van der Waals surface area contributed by atoms with Gasteiger partial charge in [-0.3, -0.25) is 0 Å². The first-order valence-electron chi connectivity index (χ1n) is 4.61. The summed E-state index contributed by atoms with van der Waals surface area (Å²) < 4.78 is 13.8. The van der Waals surface area contributed by atoms with E-state index in [0.717, 1.165) is 19.4 Å². The SMILES string of the molecule is CC(C)(F)C1(CN)CCCNC1. The number of nitrogens with one attached hydrogen (secondary N) is 1. The van der Waals surface area contributed by atoms with Crippen molar-refractivity contribution in [3.63, 3.8) is 0 Å². The normalized spacial score (nSPS) is 32.0. The molecular weight excluding hydrogens is 155 g/mol. The fourth-order valence-electron chi connectivity index (χ4n) is 1.89. The summed E-state index contributed by atoms with van der Waals surface area (Å²) in [7, 11) is 0. The maximum Gasteiger partial charge on any atom is 0.113 e. The van der Waals surface area contributed by atoms with Crippen molar-refractivity contribution in [2.24, 2.45) is 11.1 Å². The molecule has 2 nitrogen and oxygen atoms in total. The van der Waals surface area contributed by atoms with Gasteiger partial charge in [0.05, 0.1) is 0 Å². The first-order valence-corrected chi connectivity index (χ1v) is 4.61. The molecule has 1 atom stereocenters.